The maximum absolute atomic E-state index is 12.5. The second-order valence-electron chi connectivity index (χ2n) is 5.83. The predicted octanol–water partition coefficient (Wildman–Crippen LogP) is 2.09. The SMILES string of the molecule is Cc1noc(-c2cn(C3CCN(C(=O)c4ccc(C)s4)C3)nn2)n1. The lowest BCUT2D eigenvalue weighted by atomic mass is 10.3. The first-order valence-corrected chi connectivity index (χ1v) is 8.50. The maximum atomic E-state index is 12.5. The van der Waals surface area contributed by atoms with Crippen LogP contribution in [-0.4, -0.2) is 49.0 Å². The van der Waals surface area contributed by atoms with Crippen molar-refractivity contribution in [3.8, 4) is 11.6 Å². The zero-order chi connectivity index (χ0) is 16.7. The molecule has 8 nitrogen and oxygen atoms in total. The van der Waals surface area contributed by atoms with E-state index in [2.05, 4.69) is 20.5 Å². The van der Waals surface area contributed by atoms with Crippen molar-refractivity contribution in [1.82, 2.24) is 30.0 Å². The number of nitrogens with zero attached hydrogens (tertiary/aromatic N) is 6. The molecule has 1 unspecified atom stereocenters. The van der Waals surface area contributed by atoms with E-state index in [1.165, 1.54) is 11.3 Å². The summed E-state index contributed by atoms with van der Waals surface area (Å²) in [5.41, 5.74) is 0.550. The molecular formula is C15H16N6O2S. The van der Waals surface area contributed by atoms with Crippen LogP contribution < -0.4 is 0 Å². The molecule has 1 atom stereocenters. The van der Waals surface area contributed by atoms with E-state index in [4.69, 9.17) is 4.52 Å². The molecule has 1 fully saturated rings. The molecule has 3 aromatic heterocycles. The van der Waals surface area contributed by atoms with Crippen LogP contribution in [-0.2, 0) is 0 Å². The van der Waals surface area contributed by atoms with Gasteiger partial charge in [0.2, 0.25) is 0 Å². The summed E-state index contributed by atoms with van der Waals surface area (Å²) in [5, 5.41) is 12.0. The molecule has 4 rings (SSSR count). The third-order valence-corrected chi connectivity index (χ3v) is 5.02. The number of aryl methyl sites for hydroxylation is 2. The Hall–Kier alpha value is -2.55. The molecule has 1 aliphatic heterocycles. The second-order valence-corrected chi connectivity index (χ2v) is 7.12. The van der Waals surface area contributed by atoms with E-state index in [1.807, 2.05) is 24.0 Å². The van der Waals surface area contributed by atoms with Gasteiger partial charge in [0.25, 0.3) is 11.8 Å². The predicted molar refractivity (Wildman–Crippen MR) is 86.7 cm³/mol. The number of likely N-dealkylation sites (tertiary alicyclic amines) is 1. The lowest BCUT2D eigenvalue weighted by Gasteiger charge is -2.15. The van der Waals surface area contributed by atoms with Crippen molar-refractivity contribution < 1.29 is 9.32 Å². The number of hydrogen-bond acceptors (Lipinski definition) is 7. The number of rotatable bonds is 3. The van der Waals surface area contributed by atoms with Crippen LogP contribution in [0.5, 0.6) is 0 Å². The van der Waals surface area contributed by atoms with Gasteiger partial charge in [0.05, 0.1) is 17.1 Å². The quantitative estimate of drug-likeness (QED) is 0.723. The van der Waals surface area contributed by atoms with Crippen LogP contribution in [0.4, 0.5) is 0 Å². The fourth-order valence-electron chi connectivity index (χ4n) is 2.80. The van der Waals surface area contributed by atoms with E-state index in [-0.39, 0.29) is 11.9 Å². The molecule has 0 radical (unpaired) electrons. The van der Waals surface area contributed by atoms with Crippen LogP contribution in [0.25, 0.3) is 11.6 Å². The Labute approximate surface area is 142 Å². The number of hydrogen-bond donors (Lipinski definition) is 0. The third kappa shape index (κ3) is 2.71. The minimum Gasteiger partial charge on any atom is -0.336 e. The summed E-state index contributed by atoms with van der Waals surface area (Å²) in [5.74, 6) is 1.01. The molecule has 0 saturated carbocycles. The van der Waals surface area contributed by atoms with Gasteiger partial charge >= 0.3 is 0 Å². The minimum atomic E-state index is 0.0865. The van der Waals surface area contributed by atoms with Gasteiger partial charge in [0.1, 0.15) is 0 Å². The van der Waals surface area contributed by atoms with Gasteiger partial charge in [-0.1, -0.05) is 10.4 Å². The molecule has 3 aromatic rings. The monoisotopic (exact) mass is 344 g/mol. The van der Waals surface area contributed by atoms with Crippen LogP contribution in [0, 0.1) is 13.8 Å². The number of aromatic nitrogens is 5. The summed E-state index contributed by atoms with van der Waals surface area (Å²) in [4.78, 5) is 20.5. The van der Waals surface area contributed by atoms with E-state index in [0.717, 1.165) is 22.7 Å². The van der Waals surface area contributed by atoms with Crippen LogP contribution in [0.3, 0.4) is 0 Å². The average Bonchev–Trinajstić information content (AvgIpc) is 3.33. The highest BCUT2D eigenvalue weighted by molar-refractivity contribution is 7.13. The summed E-state index contributed by atoms with van der Waals surface area (Å²) < 4.78 is 6.89. The normalized spacial score (nSPS) is 17.6. The number of carbonyl (C=O) groups is 1. The topological polar surface area (TPSA) is 89.9 Å². The van der Waals surface area contributed by atoms with Crippen molar-refractivity contribution in [1.29, 1.82) is 0 Å². The van der Waals surface area contributed by atoms with Gasteiger partial charge in [-0.05, 0) is 32.4 Å². The third-order valence-electron chi connectivity index (χ3n) is 4.03. The molecule has 0 aliphatic carbocycles. The van der Waals surface area contributed by atoms with Crippen LogP contribution in [0.15, 0.2) is 22.9 Å². The highest BCUT2D eigenvalue weighted by Gasteiger charge is 2.29. The Kier molecular flexibility index (Phi) is 3.64. The molecule has 124 valence electrons. The summed E-state index contributed by atoms with van der Waals surface area (Å²) in [6.07, 6.45) is 2.64. The molecular weight excluding hydrogens is 328 g/mol. The molecule has 1 aliphatic rings. The first-order chi connectivity index (χ1) is 11.6. The lowest BCUT2D eigenvalue weighted by molar-refractivity contribution is 0.0791. The molecule has 1 saturated heterocycles. The van der Waals surface area contributed by atoms with E-state index in [0.29, 0.717) is 24.0 Å². The number of carbonyl (C=O) groups excluding carboxylic acids is 1. The van der Waals surface area contributed by atoms with Crippen molar-refractivity contribution in [2.45, 2.75) is 26.3 Å². The van der Waals surface area contributed by atoms with Gasteiger partial charge in [-0.15, -0.1) is 16.4 Å². The zero-order valence-electron chi connectivity index (χ0n) is 13.3. The van der Waals surface area contributed by atoms with Crippen molar-refractivity contribution in [2.24, 2.45) is 0 Å². The first kappa shape index (κ1) is 15.0. The molecule has 1 amide bonds. The fourth-order valence-corrected chi connectivity index (χ4v) is 3.64. The Balaban J connectivity index is 1.47. The average molecular weight is 344 g/mol. The van der Waals surface area contributed by atoms with Gasteiger partial charge in [-0.25, -0.2) is 4.68 Å². The number of thiophene rings is 1. The van der Waals surface area contributed by atoms with Gasteiger partial charge in [-0.2, -0.15) is 4.98 Å². The Morgan fingerprint density at radius 2 is 2.25 bits per heavy atom. The maximum Gasteiger partial charge on any atom is 0.280 e. The van der Waals surface area contributed by atoms with E-state index in [1.54, 1.807) is 17.8 Å². The minimum absolute atomic E-state index is 0.0865. The van der Waals surface area contributed by atoms with E-state index < -0.39 is 0 Å². The van der Waals surface area contributed by atoms with Gasteiger partial charge in [0.15, 0.2) is 11.5 Å². The summed E-state index contributed by atoms with van der Waals surface area (Å²) in [6.45, 7) is 5.10. The molecule has 0 aromatic carbocycles. The van der Waals surface area contributed by atoms with Crippen molar-refractivity contribution in [2.75, 3.05) is 13.1 Å². The smallest absolute Gasteiger partial charge is 0.280 e. The summed E-state index contributed by atoms with van der Waals surface area (Å²) in [6, 6.07) is 3.98. The molecule has 0 bridgehead atoms. The zero-order valence-corrected chi connectivity index (χ0v) is 14.2. The first-order valence-electron chi connectivity index (χ1n) is 7.68. The molecule has 0 N–H and O–H groups in total. The fraction of sp³-hybridized carbons (Fsp3) is 0.400. The van der Waals surface area contributed by atoms with Crippen molar-refractivity contribution >= 4 is 17.2 Å². The highest BCUT2D eigenvalue weighted by Crippen LogP contribution is 2.26. The lowest BCUT2D eigenvalue weighted by Crippen LogP contribution is -2.28. The second kappa shape index (κ2) is 5.82. The number of amides is 1. The van der Waals surface area contributed by atoms with Crippen LogP contribution >= 0.6 is 11.3 Å². The molecule has 9 heteroatoms. The van der Waals surface area contributed by atoms with Crippen molar-refractivity contribution in [3.63, 3.8) is 0 Å². The molecule has 4 heterocycles. The Morgan fingerprint density at radius 1 is 1.38 bits per heavy atom. The summed E-state index contributed by atoms with van der Waals surface area (Å²) in [7, 11) is 0. The highest BCUT2D eigenvalue weighted by atomic mass is 32.1. The van der Waals surface area contributed by atoms with Gasteiger partial charge in [-0.3, -0.25) is 4.79 Å². The van der Waals surface area contributed by atoms with E-state index >= 15 is 0 Å². The molecule has 0 spiro atoms. The Morgan fingerprint density at radius 3 is 2.96 bits per heavy atom. The molecule has 24 heavy (non-hydrogen) atoms. The Bertz CT molecular complexity index is 882. The standard InChI is InChI=1S/C15H16N6O2S/c1-9-3-4-13(24-9)15(22)20-6-5-11(7-20)21-8-12(17-19-21)14-16-10(2)18-23-14/h3-4,8,11H,5-7H2,1-2H3. The van der Waals surface area contributed by atoms with Crippen LogP contribution in [0.1, 0.15) is 32.8 Å². The summed E-state index contributed by atoms with van der Waals surface area (Å²) >= 11 is 1.53. The van der Waals surface area contributed by atoms with Crippen molar-refractivity contribution in [3.05, 3.63) is 33.9 Å². The van der Waals surface area contributed by atoms with Crippen LogP contribution in [0.2, 0.25) is 0 Å². The van der Waals surface area contributed by atoms with Gasteiger partial charge < -0.3 is 9.42 Å². The van der Waals surface area contributed by atoms with Gasteiger partial charge in [0, 0.05) is 18.0 Å². The largest absolute Gasteiger partial charge is 0.336 e. The van der Waals surface area contributed by atoms with E-state index in [9.17, 15) is 4.79 Å².